The van der Waals surface area contributed by atoms with E-state index in [1.807, 2.05) is 22.9 Å². The van der Waals surface area contributed by atoms with Crippen LogP contribution in [0, 0.1) is 0 Å². The molecule has 0 aliphatic heterocycles. The van der Waals surface area contributed by atoms with Crippen LogP contribution in [-0.4, -0.2) is 20.3 Å². The number of nitrogens with zero attached hydrogens (tertiary/aromatic N) is 3. The Morgan fingerprint density at radius 3 is 3.00 bits per heavy atom. The van der Waals surface area contributed by atoms with E-state index in [0.717, 1.165) is 0 Å². The van der Waals surface area contributed by atoms with Crippen molar-refractivity contribution in [1.29, 1.82) is 0 Å². The van der Waals surface area contributed by atoms with E-state index in [9.17, 15) is 0 Å². The molecule has 1 N–H and O–H groups in total. The van der Waals surface area contributed by atoms with Crippen molar-refractivity contribution in [2.45, 2.75) is 6.41 Å². The summed E-state index contributed by atoms with van der Waals surface area (Å²) in [6.45, 7) is -0.0367. The van der Waals surface area contributed by atoms with Crippen molar-refractivity contribution >= 4 is 22.9 Å². The molecule has 58 valence electrons. The highest BCUT2D eigenvalue weighted by Crippen LogP contribution is 1.90. The van der Waals surface area contributed by atoms with Crippen LogP contribution >= 0.6 is 22.9 Å². The maximum Gasteiger partial charge on any atom is 0.224 e. The minimum Gasteiger partial charge on any atom is -0.343 e. The molecule has 0 aliphatic rings. The quantitative estimate of drug-likeness (QED) is 0.200. The van der Waals surface area contributed by atoms with Crippen LogP contribution in [0.15, 0.2) is 5.11 Å². The number of ether oxygens (including phenoxy) is 2. The van der Waals surface area contributed by atoms with Gasteiger partial charge in [-0.1, -0.05) is 5.11 Å². The molecule has 0 fully saturated rings. The number of azide groups is 1. The van der Waals surface area contributed by atoms with Crippen LogP contribution in [0.4, 0.5) is 0 Å². The van der Waals surface area contributed by atoms with E-state index in [-0.39, 0.29) is 6.73 Å². The first-order valence-corrected chi connectivity index (χ1v) is 3.44. The minimum atomic E-state index is -0.522. The molecule has 0 heterocycles. The first-order valence-electron chi connectivity index (χ1n) is 2.36. The lowest BCUT2D eigenvalue weighted by molar-refractivity contribution is -0.123. The highest BCUT2D eigenvalue weighted by molar-refractivity contribution is 14.1. The van der Waals surface area contributed by atoms with Crippen LogP contribution < -0.4 is 3.53 Å². The van der Waals surface area contributed by atoms with Crippen LogP contribution in [0.2, 0.25) is 0 Å². The minimum absolute atomic E-state index is 0.0367. The molecular weight excluding hydrogens is 251 g/mol. The molecular formula is C3H7IN4O2. The second-order valence-electron chi connectivity index (χ2n) is 1.20. The summed E-state index contributed by atoms with van der Waals surface area (Å²) >= 11 is 1.87. The highest BCUT2D eigenvalue weighted by Gasteiger charge is 2.00. The smallest absolute Gasteiger partial charge is 0.224 e. The third-order valence-corrected chi connectivity index (χ3v) is 1.16. The van der Waals surface area contributed by atoms with Gasteiger partial charge in [0.1, 0.15) is 6.73 Å². The largest absolute Gasteiger partial charge is 0.343 e. The van der Waals surface area contributed by atoms with Crippen molar-refractivity contribution in [3.8, 4) is 0 Å². The van der Waals surface area contributed by atoms with E-state index in [2.05, 4.69) is 13.6 Å². The Kier molecular flexibility index (Phi) is 6.98. The second-order valence-corrected chi connectivity index (χ2v) is 1.83. The summed E-state index contributed by atoms with van der Waals surface area (Å²) in [7, 11) is 1.48. The Bertz CT molecular complexity index is 122. The monoisotopic (exact) mass is 258 g/mol. The lowest BCUT2D eigenvalue weighted by Gasteiger charge is -2.10. The van der Waals surface area contributed by atoms with E-state index in [1.165, 1.54) is 7.11 Å². The molecule has 6 nitrogen and oxygen atoms in total. The van der Waals surface area contributed by atoms with Gasteiger partial charge in [-0.3, -0.25) is 0 Å². The Morgan fingerprint density at radius 2 is 2.60 bits per heavy atom. The zero-order chi connectivity index (χ0) is 7.82. The van der Waals surface area contributed by atoms with E-state index < -0.39 is 6.41 Å². The molecule has 7 heteroatoms. The third kappa shape index (κ3) is 4.77. The lowest BCUT2D eigenvalue weighted by atomic mass is 11.1. The predicted octanol–water partition coefficient (Wildman–Crippen LogP) is 1.14. The molecule has 1 atom stereocenters. The average Bonchev–Trinajstić information content (AvgIpc) is 1.99. The normalized spacial score (nSPS) is 12.2. The van der Waals surface area contributed by atoms with Crippen LogP contribution in [0.25, 0.3) is 10.4 Å². The number of rotatable bonds is 5. The fraction of sp³-hybridized carbons (Fsp3) is 1.00. The van der Waals surface area contributed by atoms with Crippen molar-refractivity contribution in [3.63, 3.8) is 0 Å². The van der Waals surface area contributed by atoms with E-state index in [0.29, 0.717) is 0 Å². The van der Waals surface area contributed by atoms with Gasteiger partial charge in [0.05, 0.1) is 0 Å². The van der Waals surface area contributed by atoms with Gasteiger partial charge in [0.15, 0.2) is 0 Å². The third-order valence-electron chi connectivity index (χ3n) is 0.650. The molecule has 0 saturated carbocycles. The SMILES string of the molecule is COC(NI)OCN=[N+]=[N-]. The van der Waals surface area contributed by atoms with E-state index >= 15 is 0 Å². The fourth-order valence-corrected chi connectivity index (χ4v) is 0.705. The standard InChI is InChI=1S/C3H7IN4O2/c1-9-3(7-4)10-2-6-8-5/h3,7H,2H2,1H3. The van der Waals surface area contributed by atoms with Gasteiger partial charge in [0, 0.05) is 34.9 Å². The number of hydrogen-bond donors (Lipinski definition) is 1. The highest BCUT2D eigenvalue weighted by atomic mass is 127. The Hall–Kier alpha value is -0.0800. The molecule has 0 amide bonds. The molecule has 1 unspecified atom stereocenters. The van der Waals surface area contributed by atoms with Gasteiger partial charge < -0.3 is 9.47 Å². The summed E-state index contributed by atoms with van der Waals surface area (Å²) in [5.74, 6) is 0. The predicted molar refractivity (Wildman–Crippen MR) is 43.1 cm³/mol. The van der Waals surface area contributed by atoms with Gasteiger partial charge in [-0.25, -0.2) is 3.53 Å². The molecule has 0 aromatic carbocycles. The van der Waals surface area contributed by atoms with Gasteiger partial charge >= 0.3 is 0 Å². The van der Waals surface area contributed by atoms with Crippen molar-refractivity contribution in [2.24, 2.45) is 5.11 Å². The summed E-state index contributed by atoms with van der Waals surface area (Å²) in [5, 5.41) is 3.14. The van der Waals surface area contributed by atoms with Crippen molar-refractivity contribution in [2.75, 3.05) is 13.8 Å². The number of halogens is 1. The molecule has 0 radical (unpaired) electrons. The molecule has 10 heavy (non-hydrogen) atoms. The number of hydrogen-bond acceptors (Lipinski definition) is 4. The van der Waals surface area contributed by atoms with Crippen molar-refractivity contribution < 1.29 is 9.47 Å². The zero-order valence-electron chi connectivity index (χ0n) is 5.32. The van der Waals surface area contributed by atoms with Crippen molar-refractivity contribution in [3.05, 3.63) is 10.4 Å². The van der Waals surface area contributed by atoms with Gasteiger partial charge in [-0.2, -0.15) is 0 Å². The molecule has 0 bridgehead atoms. The van der Waals surface area contributed by atoms with Gasteiger partial charge in [-0.05, 0) is 5.53 Å². The fourth-order valence-electron chi connectivity index (χ4n) is 0.271. The summed E-state index contributed by atoms with van der Waals surface area (Å²) in [6.07, 6.45) is -0.522. The second kappa shape index (κ2) is 7.03. The Labute approximate surface area is 72.0 Å². The van der Waals surface area contributed by atoms with E-state index in [1.54, 1.807) is 0 Å². The van der Waals surface area contributed by atoms with Gasteiger partial charge in [0.25, 0.3) is 0 Å². The molecule has 0 rings (SSSR count). The maximum absolute atomic E-state index is 7.84. The van der Waals surface area contributed by atoms with Crippen LogP contribution in [0.1, 0.15) is 0 Å². The number of methoxy groups -OCH3 is 1. The molecule has 0 aliphatic carbocycles. The summed E-state index contributed by atoms with van der Waals surface area (Å²) in [6, 6.07) is 0. The zero-order valence-corrected chi connectivity index (χ0v) is 7.48. The Morgan fingerprint density at radius 1 is 1.90 bits per heavy atom. The van der Waals surface area contributed by atoms with Gasteiger partial charge in [0.2, 0.25) is 6.41 Å². The molecule has 0 aromatic rings. The van der Waals surface area contributed by atoms with Crippen molar-refractivity contribution in [1.82, 2.24) is 3.53 Å². The van der Waals surface area contributed by atoms with Gasteiger partial charge in [-0.15, -0.1) is 0 Å². The summed E-state index contributed by atoms with van der Waals surface area (Å²) < 4.78 is 12.2. The maximum atomic E-state index is 7.84. The lowest BCUT2D eigenvalue weighted by Crippen LogP contribution is -2.25. The topological polar surface area (TPSA) is 79.2 Å². The first-order chi connectivity index (χ1) is 4.85. The molecule has 0 aromatic heterocycles. The summed E-state index contributed by atoms with van der Waals surface area (Å²) in [4.78, 5) is 2.49. The Balaban J connectivity index is 3.34. The number of nitrogens with one attached hydrogen (secondary N) is 1. The van der Waals surface area contributed by atoms with Crippen LogP contribution in [0.5, 0.6) is 0 Å². The molecule has 0 spiro atoms. The van der Waals surface area contributed by atoms with Crippen LogP contribution in [0.3, 0.4) is 0 Å². The van der Waals surface area contributed by atoms with Crippen LogP contribution in [-0.2, 0) is 9.47 Å². The summed E-state index contributed by atoms with van der Waals surface area (Å²) in [5.41, 5.74) is 7.84. The van der Waals surface area contributed by atoms with E-state index in [4.69, 9.17) is 15.0 Å². The average molecular weight is 258 g/mol. The molecule has 0 saturated heterocycles. The first kappa shape index (κ1) is 9.92.